The van der Waals surface area contributed by atoms with Gasteiger partial charge in [-0.15, -0.1) is 10.2 Å². The Labute approximate surface area is 115 Å². The Hall–Kier alpha value is -0.760. The van der Waals surface area contributed by atoms with Crippen molar-refractivity contribution in [2.24, 2.45) is 0 Å². The Bertz CT molecular complexity index is 405. The number of rotatable bonds is 4. The molecule has 1 fully saturated rings. The van der Waals surface area contributed by atoms with Gasteiger partial charge in [0.25, 0.3) is 5.91 Å². The third kappa shape index (κ3) is 3.88. The summed E-state index contributed by atoms with van der Waals surface area (Å²) in [6.07, 6.45) is 0. The summed E-state index contributed by atoms with van der Waals surface area (Å²) in [6.45, 7) is 5.76. The van der Waals surface area contributed by atoms with E-state index < -0.39 is 0 Å². The van der Waals surface area contributed by atoms with Gasteiger partial charge in [-0.2, -0.15) is 0 Å². The molecule has 1 N–H and O–H groups in total. The maximum absolute atomic E-state index is 11.7. The quantitative estimate of drug-likeness (QED) is 0.856. The number of nitrogens with zero attached hydrogens (tertiary/aromatic N) is 4. The molecule has 18 heavy (non-hydrogen) atoms. The molecule has 2 rings (SSSR count). The minimum atomic E-state index is -0.200. The molecule has 0 spiro atoms. The number of aromatic nitrogens is 2. The molecular weight excluding hydrogens is 274 g/mol. The number of hydrogen-bond acceptors (Lipinski definition) is 6. The summed E-state index contributed by atoms with van der Waals surface area (Å²) >= 11 is 6.72. The first-order chi connectivity index (χ1) is 8.65. The molecule has 0 radical (unpaired) electrons. The second kappa shape index (κ2) is 6.42. The van der Waals surface area contributed by atoms with Crippen LogP contribution in [0.25, 0.3) is 0 Å². The van der Waals surface area contributed by atoms with E-state index in [2.05, 4.69) is 32.4 Å². The predicted molar refractivity (Wildman–Crippen MR) is 71.2 cm³/mol. The third-order valence-electron chi connectivity index (χ3n) is 2.90. The van der Waals surface area contributed by atoms with Crippen LogP contribution in [0.4, 0.5) is 0 Å². The molecule has 0 aromatic carbocycles. The van der Waals surface area contributed by atoms with Gasteiger partial charge in [0.1, 0.15) is 0 Å². The number of likely N-dealkylation sites (N-methyl/N-ethyl adjacent to an activating group) is 1. The zero-order chi connectivity index (χ0) is 13.0. The lowest BCUT2D eigenvalue weighted by Gasteiger charge is -2.32. The van der Waals surface area contributed by atoms with Crippen molar-refractivity contribution in [2.75, 3.05) is 46.3 Å². The van der Waals surface area contributed by atoms with Gasteiger partial charge < -0.3 is 10.2 Å². The molecule has 2 heterocycles. The molecule has 6 nitrogen and oxygen atoms in total. The number of carbonyl (C=O) groups excluding carboxylic acids is 1. The highest BCUT2D eigenvalue weighted by atomic mass is 35.5. The van der Waals surface area contributed by atoms with Crippen LogP contribution in [0.15, 0.2) is 0 Å². The maximum Gasteiger partial charge on any atom is 0.282 e. The fraction of sp³-hybridized carbons (Fsp3) is 0.700. The molecule has 0 bridgehead atoms. The fourth-order valence-corrected chi connectivity index (χ4v) is 2.52. The van der Waals surface area contributed by atoms with Crippen LogP contribution < -0.4 is 5.32 Å². The van der Waals surface area contributed by atoms with E-state index in [0.29, 0.717) is 16.0 Å². The van der Waals surface area contributed by atoms with Crippen LogP contribution in [0.2, 0.25) is 4.47 Å². The van der Waals surface area contributed by atoms with Crippen molar-refractivity contribution >= 4 is 28.8 Å². The van der Waals surface area contributed by atoms with Crippen molar-refractivity contribution in [1.82, 2.24) is 25.3 Å². The molecule has 1 saturated heterocycles. The topological polar surface area (TPSA) is 61.4 Å². The second-order valence-electron chi connectivity index (χ2n) is 4.26. The molecule has 1 aliphatic rings. The number of halogens is 1. The zero-order valence-electron chi connectivity index (χ0n) is 10.2. The van der Waals surface area contributed by atoms with Crippen molar-refractivity contribution in [2.45, 2.75) is 0 Å². The lowest BCUT2D eigenvalue weighted by Crippen LogP contribution is -2.46. The van der Waals surface area contributed by atoms with Crippen LogP contribution in [0, 0.1) is 0 Å². The lowest BCUT2D eigenvalue weighted by molar-refractivity contribution is 0.0940. The fourth-order valence-electron chi connectivity index (χ4n) is 1.77. The van der Waals surface area contributed by atoms with Crippen molar-refractivity contribution in [3.63, 3.8) is 0 Å². The summed E-state index contributed by atoms with van der Waals surface area (Å²) in [6, 6.07) is 0. The Morgan fingerprint density at radius 3 is 2.72 bits per heavy atom. The number of piperazine rings is 1. The van der Waals surface area contributed by atoms with Crippen LogP contribution in [0.1, 0.15) is 9.80 Å². The predicted octanol–water partition coefficient (Wildman–Crippen LogP) is 0.169. The SMILES string of the molecule is CN1CCN(CCNC(=O)c2nnc(Cl)s2)CC1. The van der Waals surface area contributed by atoms with E-state index >= 15 is 0 Å². The van der Waals surface area contributed by atoms with E-state index in [-0.39, 0.29) is 5.91 Å². The van der Waals surface area contributed by atoms with Crippen molar-refractivity contribution in [1.29, 1.82) is 0 Å². The van der Waals surface area contributed by atoms with Crippen molar-refractivity contribution in [3.05, 3.63) is 9.47 Å². The number of hydrogen-bond donors (Lipinski definition) is 1. The van der Waals surface area contributed by atoms with E-state index in [4.69, 9.17) is 11.6 Å². The van der Waals surface area contributed by atoms with Gasteiger partial charge in [0.15, 0.2) is 0 Å². The smallest absolute Gasteiger partial charge is 0.282 e. The largest absolute Gasteiger partial charge is 0.349 e. The number of amides is 1. The number of carbonyl (C=O) groups is 1. The van der Waals surface area contributed by atoms with Gasteiger partial charge in [0.05, 0.1) is 0 Å². The van der Waals surface area contributed by atoms with Crippen LogP contribution >= 0.6 is 22.9 Å². The first-order valence-corrected chi connectivity index (χ1v) is 7.02. The third-order valence-corrected chi connectivity index (χ3v) is 3.92. The second-order valence-corrected chi connectivity index (χ2v) is 5.82. The molecule has 1 aromatic rings. The van der Waals surface area contributed by atoms with Gasteiger partial charge in [-0.1, -0.05) is 11.3 Å². The maximum atomic E-state index is 11.7. The Morgan fingerprint density at radius 1 is 1.39 bits per heavy atom. The van der Waals surface area contributed by atoms with Gasteiger partial charge in [0.2, 0.25) is 9.47 Å². The first-order valence-electron chi connectivity index (χ1n) is 5.83. The lowest BCUT2D eigenvalue weighted by atomic mass is 10.3. The summed E-state index contributed by atoms with van der Waals surface area (Å²) in [5.74, 6) is -0.200. The standard InChI is InChI=1S/C10H16ClN5OS/c1-15-4-6-16(7-5-15)3-2-12-8(17)9-13-14-10(11)18-9/h2-7H2,1H3,(H,12,17). The summed E-state index contributed by atoms with van der Waals surface area (Å²) in [7, 11) is 2.12. The Kier molecular flexibility index (Phi) is 4.87. The van der Waals surface area contributed by atoms with Crippen LogP contribution in [0.5, 0.6) is 0 Å². The highest BCUT2D eigenvalue weighted by Crippen LogP contribution is 2.14. The van der Waals surface area contributed by atoms with E-state index in [9.17, 15) is 4.79 Å². The molecular formula is C10H16ClN5OS. The van der Waals surface area contributed by atoms with Gasteiger partial charge >= 0.3 is 0 Å². The van der Waals surface area contributed by atoms with Gasteiger partial charge in [-0.3, -0.25) is 9.69 Å². The Balaban J connectivity index is 1.67. The van der Waals surface area contributed by atoms with Gasteiger partial charge in [-0.25, -0.2) is 0 Å². The molecule has 1 amide bonds. The molecule has 0 atom stereocenters. The Morgan fingerprint density at radius 2 is 2.11 bits per heavy atom. The average Bonchev–Trinajstić information content (AvgIpc) is 2.78. The molecule has 0 saturated carbocycles. The summed E-state index contributed by atoms with van der Waals surface area (Å²) in [4.78, 5) is 16.3. The van der Waals surface area contributed by atoms with Crippen molar-refractivity contribution < 1.29 is 4.79 Å². The average molecular weight is 290 g/mol. The molecule has 8 heteroatoms. The van der Waals surface area contributed by atoms with Crippen LogP contribution in [-0.2, 0) is 0 Å². The zero-order valence-corrected chi connectivity index (χ0v) is 11.8. The first kappa shape index (κ1) is 13.7. The normalized spacial score (nSPS) is 17.9. The van der Waals surface area contributed by atoms with Crippen LogP contribution in [-0.4, -0.2) is 72.2 Å². The molecule has 100 valence electrons. The monoisotopic (exact) mass is 289 g/mol. The van der Waals surface area contributed by atoms with Gasteiger partial charge in [0, 0.05) is 39.3 Å². The van der Waals surface area contributed by atoms with E-state index in [0.717, 1.165) is 44.1 Å². The molecule has 1 aromatic heterocycles. The van der Waals surface area contributed by atoms with E-state index in [1.807, 2.05) is 0 Å². The highest BCUT2D eigenvalue weighted by molar-refractivity contribution is 7.17. The van der Waals surface area contributed by atoms with E-state index in [1.165, 1.54) is 0 Å². The summed E-state index contributed by atoms with van der Waals surface area (Å²) in [5, 5.41) is 10.4. The van der Waals surface area contributed by atoms with Gasteiger partial charge in [-0.05, 0) is 18.6 Å². The molecule has 0 aliphatic carbocycles. The number of nitrogens with one attached hydrogen (secondary N) is 1. The highest BCUT2D eigenvalue weighted by Gasteiger charge is 2.15. The molecule has 1 aliphatic heterocycles. The summed E-state index contributed by atoms with van der Waals surface area (Å²) < 4.78 is 0.291. The summed E-state index contributed by atoms with van der Waals surface area (Å²) in [5.41, 5.74) is 0. The van der Waals surface area contributed by atoms with E-state index in [1.54, 1.807) is 0 Å². The minimum absolute atomic E-state index is 0.200. The molecule has 0 unspecified atom stereocenters. The van der Waals surface area contributed by atoms with Crippen LogP contribution in [0.3, 0.4) is 0 Å². The van der Waals surface area contributed by atoms with Crippen molar-refractivity contribution in [3.8, 4) is 0 Å². The minimum Gasteiger partial charge on any atom is -0.349 e.